The van der Waals surface area contributed by atoms with Crippen LogP contribution in [0.4, 0.5) is 0 Å². The van der Waals surface area contributed by atoms with E-state index < -0.39 is 0 Å². The molecule has 106 valence electrons. The molecule has 0 amide bonds. The molecule has 0 radical (unpaired) electrons. The van der Waals surface area contributed by atoms with Crippen molar-refractivity contribution in [1.82, 2.24) is 10.2 Å². The molecule has 19 heavy (non-hydrogen) atoms. The third-order valence-electron chi connectivity index (χ3n) is 4.17. The molecule has 1 N–H and O–H groups in total. The summed E-state index contributed by atoms with van der Waals surface area (Å²) in [6, 6.07) is 10.1. The summed E-state index contributed by atoms with van der Waals surface area (Å²) in [5, 5.41) is 3.66. The Bertz CT molecular complexity index is 371. The minimum Gasteiger partial charge on any atom is -0.313 e. The summed E-state index contributed by atoms with van der Waals surface area (Å²) in [5.41, 5.74) is 1.43. The maximum Gasteiger partial charge on any atom is 0.0320 e. The highest BCUT2D eigenvalue weighted by Crippen LogP contribution is 2.22. The van der Waals surface area contributed by atoms with E-state index in [0.29, 0.717) is 12.1 Å². The topological polar surface area (TPSA) is 15.3 Å². The monoisotopic (exact) mass is 372 g/mol. The van der Waals surface area contributed by atoms with E-state index in [2.05, 4.69) is 70.9 Å². The Morgan fingerprint density at radius 3 is 2.63 bits per heavy atom. The average molecular weight is 372 g/mol. The molecular weight excluding hydrogens is 347 g/mol. The minimum absolute atomic E-state index is 0.505. The highest BCUT2D eigenvalue weighted by Gasteiger charge is 2.20. The summed E-state index contributed by atoms with van der Waals surface area (Å²) in [4.78, 5) is 2.59. The maximum atomic E-state index is 3.66. The fourth-order valence-electron chi connectivity index (χ4n) is 2.88. The molecule has 0 spiro atoms. The normalized spacial score (nSPS) is 21.6. The lowest BCUT2D eigenvalue weighted by Gasteiger charge is -2.34. The first kappa shape index (κ1) is 15.3. The van der Waals surface area contributed by atoms with Gasteiger partial charge < -0.3 is 5.32 Å². The number of rotatable bonds is 5. The molecule has 1 aliphatic rings. The summed E-state index contributed by atoms with van der Waals surface area (Å²) in [6.45, 7) is 8.08. The molecule has 0 aliphatic carbocycles. The van der Waals surface area contributed by atoms with Crippen LogP contribution in [-0.2, 0) is 0 Å². The largest absolute Gasteiger partial charge is 0.313 e. The summed E-state index contributed by atoms with van der Waals surface area (Å²) in [7, 11) is 0. The van der Waals surface area contributed by atoms with Crippen molar-refractivity contribution in [2.75, 3.05) is 19.6 Å². The number of likely N-dealkylation sites (N-methyl/N-ethyl adjacent to an activating group) is 1. The molecule has 1 heterocycles. The van der Waals surface area contributed by atoms with Gasteiger partial charge in [0, 0.05) is 22.2 Å². The smallest absolute Gasteiger partial charge is 0.0320 e. The number of halogens is 1. The fraction of sp³-hybridized carbons (Fsp3) is 0.625. The van der Waals surface area contributed by atoms with Crippen molar-refractivity contribution in [1.29, 1.82) is 0 Å². The summed E-state index contributed by atoms with van der Waals surface area (Å²) in [5.74, 6) is 0. The highest BCUT2D eigenvalue weighted by molar-refractivity contribution is 14.1. The number of nitrogens with one attached hydrogen (secondary N) is 1. The molecule has 1 fully saturated rings. The molecule has 0 saturated carbocycles. The van der Waals surface area contributed by atoms with Gasteiger partial charge in [-0.3, -0.25) is 4.90 Å². The van der Waals surface area contributed by atoms with Gasteiger partial charge >= 0.3 is 0 Å². The zero-order valence-corrected chi connectivity index (χ0v) is 14.2. The lowest BCUT2D eigenvalue weighted by Crippen LogP contribution is -2.44. The fourth-order valence-corrected chi connectivity index (χ4v) is 3.24. The first-order valence-corrected chi connectivity index (χ1v) is 8.51. The van der Waals surface area contributed by atoms with Gasteiger partial charge in [-0.2, -0.15) is 0 Å². The summed E-state index contributed by atoms with van der Waals surface area (Å²) in [6.07, 6.45) is 4.05. The number of hydrogen-bond acceptors (Lipinski definition) is 2. The zero-order valence-electron chi connectivity index (χ0n) is 12.0. The Hall–Kier alpha value is -0.130. The van der Waals surface area contributed by atoms with Gasteiger partial charge in [0.2, 0.25) is 0 Å². The summed E-state index contributed by atoms with van der Waals surface area (Å²) >= 11 is 2.37. The molecule has 2 rings (SSSR count). The van der Waals surface area contributed by atoms with E-state index in [4.69, 9.17) is 0 Å². The molecule has 3 heteroatoms. The maximum absolute atomic E-state index is 3.66. The van der Waals surface area contributed by atoms with Gasteiger partial charge in [0.25, 0.3) is 0 Å². The zero-order chi connectivity index (χ0) is 13.7. The van der Waals surface area contributed by atoms with E-state index in [1.807, 2.05) is 0 Å². The first-order chi connectivity index (χ1) is 9.20. The second-order valence-corrected chi connectivity index (χ2v) is 6.71. The molecule has 1 aliphatic heterocycles. The van der Waals surface area contributed by atoms with Crippen LogP contribution in [0.1, 0.15) is 44.7 Å². The highest BCUT2D eigenvalue weighted by atomic mass is 127. The van der Waals surface area contributed by atoms with E-state index in [9.17, 15) is 0 Å². The Balaban J connectivity index is 1.97. The van der Waals surface area contributed by atoms with Crippen LogP contribution in [0.15, 0.2) is 24.3 Å². The van der Waals surface area contributed by atoms with Gasteiger partial charge in [0.15, 0.2) is 0 Å². The van der Waals surface area contributed by atoms with Crippen molar-refractivity contribution in [2.24, 2.45) is 0 Å². The van der Waals surface area contributed by atoms with E-state index in [0.717, 1.165) is 6.54 Å². The van der Waals surface area contributed by atoms with Gasteiger partial charge in [-0.1, -0.05) is 25.5 Å². The minimum atomic E-state index is 0.505. The van der Waals surface area contributed by atoms with E-state index in [1.54, 1.807) is 0 Å². The number of benzene rings is 1. The third-order valence-corrected chi connectivity index (χ3v) is 4.89. The molecule has 2 nitrogen and oxygen atoms in total. The van der Waals surface area contributed by atoms with Gasteiger partial charge in [0.1, 0.15) is 0 Å². The van der Waals surface area contributed by atoms with Crippen molar-refractivity contribution >= 4 is 22.6 Å². The van der Waals surface area contributed by atoms with Gasteiger partial charge in [-0.25, -0.2) is 0 Å². The molecule has 0 bridgehead atoms. The van der Waals surface area contributed by atoms with Gasteiger partial charge in [0.05, 0.1) is 0 Å². The molecule has 2 atom stereocenters. The second kappa shape index (κ2) is 7.60. The Labute approximate surface area is 131 Å². The lowest BCUT2D eigenvalue weighted by atomic mass is 10.0. The van der Waals surface area contributed by atoms with Crippen LogP contribution in [-0.4, -0.2) is 30.6 Å². The van der Waals surface area contributed by atoms with Crippen LogP contribution in [0, 0.1) is 3.57 Å². The molecule has 0 aromatic heterocycles. The van der Waals surface area contributed by atoms with Crippen molar-refractivity contribution in [3.8, 4) is 0 Å². The molecule has 1 aromatic carbocycles. The predicted molar refractivity (Wildman–Crippen MR) is 90.5 cm³/mol. The van der Waals surface area contributed by atoms with Gasteiger partial charge in [-0.05, 0) is 73.1 Å². The van der Waals surface area contributed by atoms with Crippen molar-refractivity contribution in [3.05, 3.63) is 33.4 Å². The Morgan fingerprint density at radius 1 is 1.32 bits per heavy atom. The third kappa shape index (κ3) is 4.43. The standard InChI is InChI=1S/C16H25IN2/c1-3-19(12-16-6-4-5-11-18-16)13(2)14-7-9-15(17)10-8-14/h7-10,13,16,18H,3-6,11-12H2,1-2H3. The molecular formula is C16H25IN2. The SMILES string of the molecule is CCN(CC1CCCCN1)C(C)c1ccc(I)cc1. The second-order valence-electron chi connectivity index (χ2n) is 5.46. The molecule has 1 aromatic rings. The number of hydrogen-bond donors (Lipinski definition) is 1. The van der Waals surface area contributed by atoms with Crippen LogP contribution in [0.3, 0.4) is 0 Å². The average Bonchev–Trinajstić information content (AvgIpc) is 2.46. The number of nitrogens with zero attached hydrogens (tertiary/aromatic N) is 1. The Kier molecular flexibility index (Phi) is 6.10. The molecule has 1 saturated heterocycles. The molecule has 2 unspecified atom stereocenters. The van der Waals surface area contributed by atoms with Crippen molar-refractivity contribution in [2.45, 2.75) is 45.2 Å². The first-order valence-electron chi connectivity index (χ1n) is 7.43. The number of piperidine rings is 1. The van der Waals surface area contributed by atoms with Crippen LogP contribution in [0.5, 0.6) is 0 Å². The Morgan fingerprint density at radius 2 is 2.05 bits per heavy atom. The van der Waals surface area contributed by atoms with Crippen LogP contribution in [0.2, 0.25) is 0 Å². The van der Waals surface area contributed by atoms with Gasteiger partial charge in [-0.15, -0.1) is 0 Å². The van der Waals surface area contributed by atoms with Crippen LogP contribution >= 0.6 is 22.6 Å². The van der Waals surface area contributed by atoms with Crippen LogP contribution < -0.4 is 5.32 Å². The van der Waals surface area contributed by atoms with Crippen LogP contribution in [0.25, 0.3) is 0 Å². The lowest BCUT2D eigenvalue weighted by molar-refractivity contribution is 0.184. The van der Waals surface area contributed by atoms with E-state index in [1.165, 1.54) is 41.5 Å². The van der Waals surface area contributed by atoms with Crippen molar-refractivity contribution < 1.29 is 0 Å². The van der Waals surface area contributed by atoms with E-state index in [-0.39, 0.29) is 0 Å². The predicted octanol–water partition coefficient (Wildman–Crippen LogP) is 3.82. The van der Waals surface area contributed by atoms with E-state index >= 15 is 0 Å². The quantitative estimate of drug-likeness (QED) is 0.791. The van der Waals surface area contributed by atoms with Crippen molar-refractivity contribution in [3.63, 3.8) is 0 Å². The summed E-state index contributed by atoms with van der Waals surface area (Å²) < 4.78 is 1.31.